The molecule has 120 valence electrons. The van der Waals surface area contributed by atoms with Crippen LogP contribution in [-0.4, -0.2) is 36.5 Å². The Morgan fingerprint density at radius 3 is 2.43 bits per heavy atom. The standard InChI is InChI=1S/C17H17NO5/c1-4-23-17(21)14-10(2)18-13(15(14)19)9-11-5-7-12(8-6-11)16(20)22-3/h5-9,19H,4H2,1-3H3/b13-9+. The van der Waals surface area contributed by atoms with Crippen molar-refractivity contribution in [3.8, 4) is 0 Å². The molecular formula is C17H17NO5. The maximum absolute atomic E-state index is 11.8. The second-order valence-electron chi connectivity index (χ2n) is 4.78. The van der Waals surface area contributed by atoms with Crippen LogP contribution in [0, 0.1) is 0 Å². The van der Waals surface area contributed by atoms with Crippen LogP contribution < -0.4 is 0 Å². The van der Waals surface area contributed by atoms with Crippen LogP contribution in [0.1, 0.15) is 29.8 Å². The van der Waals surface area contributed by atoms with Crippen LogP contribution in [0.2, 0.25) is 0 Å². The van der Waals surface area contributed by atoms with E-state index in [0.29, 0.717) is 11.3 Å². The van der Waals surface area contributed by atoms with Gasteiger partial charge in [0.15, 0.2) is 5.76 Å². The predicted octanol–water partition coefficient (Wildman–Crippen LogP) is 2.66. The fourth-order valence-electron chi connectivity index (χ4n) is 2.13. The Hall–Kier alpha value is -2.89. The number of hydrogen-bond donors (Lipinski definition) is 1. The molecule has 1 aliphatic rings. The lowest BCUT2D eigenvalue weighted by Crippen LogP contribution is -2.13. The first kappa shape index (κ1) is 16.5. The van der Waals surface area contributed by atoms with Crippen LogP contribution in [0.3, 0.4) is 0 Å². The molecule has 6 heteroatoms. The van der Waals surface area contributed by atoms with Crippen molar-refractivity contribution in [1.29, 1.82) is 0 Å². The molecule has 6 nitrogen and oxygen atoms in total. The number of ether oxygens (including phenoxy) is 2. The van der Waals surface area contributed by atoms with Crippen LogP contribution in [0.5, 0.6) is 0 Å². The number of nitrogens with zero attached hydrogens (tertiary/aromatic N) is 1. The van der Waals surface area contributed by atoms with Gasteiger partial charge in [0.1, 0.15) is 11.3 Å². The summed E-state index contributed by atoms with van der Waals surface area (Å²) in [6.07, 6.45) is 1.62. The van der Waals surface area contributed by atoms with Crippen molar-refractivity contribution < 1.29 is 24.2 Å². The molecule has 0 saturated carbocycles. The van der Waals surface area contributed by atoms with E-state index >= 15 is 0 Å². The van der Waals surface area contributed by atoms with E-state index in [2.05, 4.69) is 9.73 Å². The Morgan fingerprint density at radius 2 is 1.87 bits per heavy atom. The third kappa shape index (κ3) is 3.48. The van der Waals surface area contributed by atoms with Crippen molar-refractivity contribution in [3.63, 3.8) is 0 Å². The van der Waals surface area contributed by atoms with Crippen molar-refractivity contribution in [1.82, 2.24) is 0 Å². The lowest BCUT2D eigenvalue weighted by atomic mass is 10.1. The number of benzene rings is 1. The molecule has 1 aromatic carbocycles. The molecule has 0 aliphatic carbocycles. The molecule has 1 aromatic rings. The van der Waals surface area contributed by atoms with Crippen molar-refractivity contribution in [2.75, 3.05) is 13.7 Å². The van der Waals surface area contributed by atoms with Crippen molar-refractivity contribution >= 4 is 23.7 Å². The first-order valence-electron chi connectivity index (χ1n) is 7.04. The van der Waals surface area contributed by atoms with E-state index in [-0.39, 0.29) is 23.6 Å². The lowest BCUT2D eigenvalue weighted by Gasteiger charge is -2.03. The van der Waals surface area contributed by atoms with Gasteiger partial charge in [-0.05, 0) is 37.6 Å². The van der Waals surface area contributed by atoms with E-state index in [0.717, 1.165) is 5.56 Å². The highest BCUT2D eigenvalue weighted by molar-refractivity contribution is 6.22. The number of methoxy groups -OCH3 is 1. The molecule has 1 heterocycles. The number of aliphatic hydroxyl groups excluding tert-OH is 1. The second-order valence-corrected chi connectivity index (χ2v) is 4.78. The first-order valence-corrected chi connectivity index (χ1v) is 7.04. The Bertz CT molecular complexity index is 726. The fraction of sp³-hybridized carbons (Fsp3) is 0.235. The summed E-state index contributed by atoms with van der Waals surface area (Å²) >= 11 is 0. The highest BCUT2D eigenvalue weighted by Gasteiger charge is 2.27. The molecule has 23 heavy (non-hydrogen) atoms. The molecule has 0 radical (unpaired) electrons. The van der Waals surface area contributed by atoms with Gasteiger partial charge in [-0.3, -0.25) is 0 Å². The van der Waals surface area contributed by atoms with Gasteiger partial charge in [-0.25, -0.2) is 14.6 Å². The van der Waals surface area contributed by atoms with Crippen molar-refractivity contribution in [2.24, 2.45) is 4.99 Å². The van der Waals surface area contributed by atoms with Crippen LogP contribution in [0.25, 0.3) is 6.08 Å². The van der Waals surface area contributed by atoms with Crippen LogP contribution in [0.15, 0.2) is 46.3 Å². The minimum atomic E-state index is -0.601. The maximum Gasteiger partial charge on any atom is 0.343 e. The summed E-state index contributed by atoms with van der Waals surface area (Å²) in [6.45, 7) is 3.54. The van der Waals surface area contributed by atoms with Gasteiger partial charge in [-0.1, -0.05) is 12.1 Å². The van der Waals surface area contributed by atoms with Gasteiger partial charge in [0, 0.05) is 0 Å². The van der Waals surface area contributed by atoms with Crippen LogP contribution in [-0.2, 0) is 14.3 Å². The van der Waals surface area contributed by atoms with E-state index in [9.17, 15) is 14.7 Å². The second kappa shape index (κ2) is 6.91. The molecule has 1 N–H and O–H groups in total. The molecule has 0 spiro atoms. The Balaban J connectivity index is 2.30. The molecular weight excluding hydrogens is 298 g/mol. The average molecular weight is 315 g/mol. The van der Waals surface area contributed by atoms with Gasteiger partial charge < -0.3 is 14.6 Å². The third-order valence-corrected chi connectivity index (χ3v) is 3.24. The van der Waals surface area contributed by atoms with E-state index < -0.39 is 11.9 Å². The zero-order chi connectivity index (χ0) is 17.0. The maximum atomic E-state index is 11.8. The number of rotatable bonds is 4. The normalized spacial score (nSPS) is 15.6. The molecule has 0 atom stereocenters. The minimum absolute atomic E-state index is 0.0734. The number of carbonyl (C=O) groups excluding carboxylic acids is 2. The summed E-state index contributed by atoms with van der Waals surface area (Å²) in [5, 5.41) is 10.2. The molecule has 0 saturated heterocycles. The zero-order valence-corrected chi connectivity index (χ0v) is 13.1. The van der Waals surface area contributed by atoms with Gasteiger partial charge in [-0.15, -0.1) is 0 Å². The highest BCUT2D eigenvalue weighted by Crippen LogP contribution is 2.26. The number of hydrogen-bond acceptors (Lipinski definition) is 6. The summed E-state index contributed by atoms with van der Waals surface area (Å²) in [6, 6.07) is 6.60. The smallest absolute Gasteiger partial charge is 0.343 e. The Kier molecular flexibility index (Phi) is 4.95. The summed E-state index contributed by atoms with van der Waals surface area (Å²) in [5.74, 6) is -1.24. The minimum Gasteiger partial charge on any atom is -0.505 e. The molecule has 0 bridgehead atoms. The Labute approximate surface area is 133 Å². The van der Waals surface area contributed by atoms with Crippen molar-refractivity contribution in [2.45, 2.75) is 13.8 Å². The number of aliphatic imine (C=N–C) groups is 1. The number of aliphatic hydroxyl groups is 1. The monoisotopic (exact) mass is 315 g/mol. The molecule has 1 aliphatic heterocycles. The van der Waals surface area contributed by atoms with Gasteiger partial charge in [0.2, 0.25) is 0 Å². The lowest BCUT2D eigenvalue weighted by molar-refractivity contribution is -0.138. The molecule has 2 rings (SSSR count). The molecule has 0 unspecified atom stereocenters. The first-order chi connectivity index (χ1) is 11.0. The number of esters is 2. The molecule has 0 amide bonds. The van der Waals surface area contributed by atoms with Gasteiger partial charge in [0.25, 0.3) is 0 Å². The quantitative estimate of drug-likeness (QED) is 0.863. The van der Waals surface area contributed by atoms with Gasteiger partial charge >= 0.3 is 11.9 Å². The van der Waals surface area contributed by atoms with E-state index in [1.807, 2.05) is 0 Å². The topological polar surface area (TPSA) is 85.2 Å². The largest absolute Gasteiger partial charge is 0.505 e. The summed E-state index contributed by atoms with van der Waals surface area (Å²) < 4.78 is 9.53. The number of carbonyl (C=O) groups is 2. The molecule has 0 fully saturated rings. The van der Waals surface area contributed by atoms with E-state index in [4.69, 9.17) is 4.74 Å². The van der Waals surface area contributed by atoms with Gasteiger partial charge in [0.05, 0.1) is 25.0 Å². The summed E-state index contributed by atoms with van der Waals surface area (Å²) in [4.78, 5) is 27.4. The SMILES string of the molecule is CCOC(=O)C1=C(O)/C(=C\c2ccc(C(=O)OC)cc2)N=C1C. The molecule has 0 aromatic heterocycles. The van der Waals surface area contributed by atoms with Crippen molar-refractivity contribution in [3.05, 3.63) is 52.4 Å². The highest BCUT2D eigenvalue weighted by atomic mass is 16.5. The predicted molar refractivity (Wildman–Crippen MR) is 85.2 cm³/mol. The third-order valence-electron chi connectivity index (χ3n) is 3.24. The Morgan fingerprint density at radius 1 is 1.22 bits per heavy atom. The zero-order valence-electron chi connectivity index (χ0n) is 13.1. The fourth-order valence-corrected chi connectivity index (χ4v) is 2.13. The van der Waals surface area contributed by atoms with E-state index in [1.165, 1.54) is 7.11 Å². The van der Waals surface area contributed by atoms with Crippen LogP contribution in [0.4, 0.5) is 0 Å². The van der Waals surface area contributed by atoms with E-state index in [1.54, 1.807) is 44.2 Å². The van der Waals surface area contributed by atoms with Crippen LogP contribution >= 0.6 is 0 Å². The summed E-state index contributed by atoms with van der Waals surface area (Å²) in [5.41, 5.74) is 1.90. The van der Waals surface area contributed by atoms with Gasteiger partial charge in [-0.2, -0.15) is 0 Å². The summed E-state index contributed by atoms with van der Waals surface area (Å²) in [7, 11) is 1.31. The average Bonchev–Trinajstić information content (AvgIpc) is 2.81.